The van der Waals surface area contributed by atoms with Gasteiger partial charge in [-0.15, -0.1) is 0 Å². The van der Waals surface area contributed by atoms with Crippen molar-refractivity contribution in [2.45, 2.75) is 19.3 Å². The Morgan fingerprint density at radius 2 is 1.87 bits per heavy atom. The highest BCUT2D eigenvalue weighted by Gasteiger charge is 2.15. The number of ether oxygens (including phenoxy) is 1. The van der Waals surface area contributed by atoms with Crippen LogP contribution in [0.5, 0.6) is 5.75 Å². The number of carbonyl (C=O) groups is 1. The van der Waals surface area contributed by atoms with Gasteiger partial charge in [-0.25, -0.2) is 9.97 Å². The topological polar surface area (TPSA) is 158 Å². The SMILES string of the molecule is CN(C)C(=S)Oc1ccc(CCCCNC(N)=NC(=O)c2nc(Cl)c(N)nc2N)cc1. The number of anilines is 2. The second kappa shape index (κ2) is 11.3. The van der Waals surface area contributed by atoms with E-state index in [0.29, 0.717) is 17.5 Å². The molecule has 1 aromatic carbocycles. The smallest absolute Gasteiger partial charge is 0.302 e. The van der Waals surface area contributed by atoms with Gasteiger partial charge in [0, 0.05) is 20.6 Å². The van der Waals surface area contributed by atoms with E-state index in [2.05, 4.69) is 20.3 Å². The molecule has 2 aromatic rings. The second-order valence-corrected chi connectivity index (χ2v) is 7.43. The van der Waals surface area contributed by atoms with E-state index in [9.17, 15) is 4.79 Å². The molecule has 31 heavy (non-hydrogen) atoms. The number of amides is 1. The summed E-state index contributed by atoms with van der Waals surface area (Å²) in [6.07, 6.45) is 2.62. The van der Waals surface area contributed by atoms with Crippen LogP contribution in [0, 0.1) is 0 Å². The number of guanidine groups is 1. The molecule has 0 aliphatic heterocycles. The third-order valence-electron chi connectivity index (χ3n) is 4.02. The summed E-state index contributed by atoms with van der Waals surface area (Å²) in [7, 11) is 3.66. The number of carbonyl (C=O) groups excluding carboxylic acids is 1. The number of halogens is 1. The van der Waals surface area contributed by atoms with Gasteiger partial charge in [-0.2, -0.15) is 4.99 Å². The summed E-state index contributed by atoms with van der Waals surface area (Å²) in [4.78, 5) is 25.1. The Labute approximate surface area is 190 Å². The lowest BCUT2D eigenvalue weighted by Gasteiger charge is -2.14. The van der Waals surface area contributed by atoms with Gasteiger partial charge in [0.05, 0.1) is 0 Å². The fourth-order valence-corrected chi connectivity index (χ4v) is 2.61. The zero-order valence-corrected chi connectivity index (χ0v) is 18.8. The zero-order valence-electron chi connectivity index (χ0n) is 17.3. The van der Waals surface area contributed by atoms with E-state index >= 15 is 0 Å². The van der Waals surface area contributed by atoms with Crippen LogP contribution < -0.4 is 27.3 Å². The molecular formula is C19H25ClN8O2S. The quantitative estimate of drug-likeness (QED) is 0.205. The van der Waals surface area contributed by atoms with Gasteiger partial charge in [0.15, 0.2) is 28.4 Å². The molecule has 0 aliphatic rings. The van der Waals surface area contributed by atoms with Gasteiger partial charge in [0.2, 0.25) is 0 Å². The predicted molar refractivity (Wildman–Crippen MR) is 126 cm³/mol. The minimum absolute atomic E-state index is 0.0440. The lowest BCUT2D eigenvalue weighted by molar-refractivity contribution is 0.0998. The third kappa shape index (κ3) is 7.54. The summed E-state index contributed by atoms with van der Waals surface area (Å²) in [6.45, 7) is 0.546. The number of nitrogen functional groups attached to an aromatic ring is 2. The average molecular weight is 465 g/mol. The van der Waals surface area contributed by atoms with Gasteiger partial charge in [0.25, 0.3) is 5.17 Å². The van der Waals surface area contributed by atoms with E-state index in [4.69, 9.17) is 45.8 Å². The molecule has 7 N–H and O–H groups in total. The van der Waals surface area contributed by atoms with Gasteiger partial charge in [-0.05, 0) is 49.2 Å². The third-order valence-corrected chi connectivity index (χ3v) is 4.75. The van der Waals surface area contributed by atoms with E-state index in [-0.39, 0.29) is 28.4 Å². The zero-order chi connectivity index (χ0) is 23.0. The molecule has 166 valence electrons. The number of benzene rings is 1. The first-order valence-electron chi connectivity index (χ1n) is 9.36. The molecule has 0 unspecified atom stereocenters. The Bertz CT molecular complexity index is 966. The minimum Gasteiger partial charge on any atom is -0.432 e. The molecule has 0 radical (unpaired) electrons. The fraction of sp³-hybridized carbons (Fsp3) is 0.316. The molecule has 0 aliphatic carbocycles. The van der Waals surface area contributed by atoms with Crippen molar-refractivity contribution in [1.82, 2.24) is 20.2 Å². The van der Waals surface area contributed by atoms with Crippen LogP contribution in [0.1, 0.15) is 28.9 Å². The number of aryl methyl sites for hydroxylation is 1. The highest BCUT2D eigenvalue weighted by Crippen LogP contribution is 2.18. The molecular weight excluding hydrogens is 440 g/mol. The van der Waals surface area contributed by atoms with Crippen LogP contribution in [-0.4, -0.2) is 52.5 Å². The number of hydrogen-bond donors (Lipinski definition) is 4. The van der Waals surface area contributed by atoms with Gasteiger partial charge in [-0.1, -0.05) is 23.7 Å². The van der Waals surface area contributed by atoms with Crippen molar-refractivity contribution in [2.75, 3.05) is 32.1 Å². The Morgan fingerprint density at radius 3 is 2.52 bits per heavy atom. The lowest BCUT2D eigenvalue weighted by atomic mass is 10.1. The summed E-state index contributed by atoms with van der Waals surface area (Å²) in [5.74, 6) is -0.329. The Hall–Kier alpha value is -3.18. The number of thiocarbonyl (C=S) groups is 1. The van der Waals surface area contributed by atoms with E-state index in [1.807, 2.05) is 38.4 Å². The largest absolute Gasteiger partial charge is 0.432 e. The highest BCUT2D eigenvalue weighted by molar-refractivity contribution is 7.80. The number of rotatable bonds is 7. The molecule has 10 nitrogen and oxygen atoms in total. The van der Waals surface area contributed by atoms with Crippen LogP contribution in [0.15, 0.2) is 29.3 Å². The Balaban J connectivity index is 1.75. The lowest BCUT2D eigenvalue weighted by Crippen LogP contribution is -2.33. The van der Waals surface area contributed by atoms with Crippen molar-refractivity contribution in [3.8, 4) is 5.75 Å². The van der Waals surface area contributed by atoms with Crippen LogP contribution in [0.2, 0.25) is 5.15 Å². The van der Waals surface area contributed by atoms with Crippen LogP contribution in [0.25, 0.3) is 0 Å². The summed E-state index contributed by atoms with van der Waals surface area (Å²) >= 11 is 10.9. The second-order valence-electron chi connectivity index (χ2n) is 6.73. The van der Waals surface area contributed by atoms with Gasteiger partial charge in [-0.3, -0.25) is 4.79 Å². The molecule has 0 bridgehead atoms. The molecule has 12 heteroatoms. The summed E-state index contributed by atoms with van der Waals surface area (Å²) in [6, 6.07) is 7.77. The van der Waals surface area contributed by atoms with Crippen molar-refractivity contribution < 1.29 is 9.53 Å². The Kier molecular flexibility index (Phi) is 8.76. The molecule has 1 heterocycles. The number of nitrogens with two attached hydrogens (primary N) is 3. The molecule has 0 atom stereocenters. The fourth-order valence-electron chi connectivity index (χ4n) is 2.39. The Morgan fingerprint density at radius 1 is 1.19 bits per heavy atom. The van der Waals surface area contributed by atoms with Gasteiger partial charge >= 0.3 is 5.91 Å². The van der Waals surface area contributed by atoms with Gasteiger partial charge in [0.1, 0.15) is 5.75 Å². The maximum Gasteiger partial charge on any atom is 0.302 e. The van der Waals surface area contributed by atoms with E-state index < -0.39 is 5.91 Å². The van der Waals surface area contributed by atoms with Crippen LogP contribution >= 0.6 is 23.8 Å². The molecule has 0 saturated carbocycles. The number of hydrogen-bond acceptors (Lipinski definition) is 7. The maximum absolute atomic E-state index is 12.1. The van der Waals surface area contributed by atoms with Crippen LogP contribution in [0.3, 0.4) is 0 Å². The molecule has 0 spiro atoms. The summed E-state index contributed by atoms with van der Waals surface area (Å²) < 4.78 is 5.55. The number of nitrogens with zero attached hydrogens (tertiary/aromatic N) is 4. The molecule has 1 amide bonds. The number of unbranched alkanes of at least 4 members (excludes halogenated alkanes) is 1. The minimum atomic E-state index is -0.757. The van der Waals surface area contributed by atoms with Crippen molar-refractivity contribution in [3.05, 3.63) is 40.7 Å². The highest BCUT2D eigenvalue weighted by atomic mass is 35.5. The first kappa shape index (κ1) is 24.1. The average Bonchev–Trinajstić information content (AvgIpc) is 2.71. The summed E-state index contributed by atoms with van der Waals surface area (Å²) in [5, 5.41) is 3.16. The van der Waals surface area contributed by atoms with E-state index in [0.717, 1.165) is 19.3 Å². The van der Waals surface area contributed by atoms with Crippen molar-refractivity contribution in [2.24, 2.45) is 10.7 Å². The standard InChI is InChI=1S/C19H25ClN8O2S/c1-28(2)19(31)30-12-8-6-11(7-9-12)5-3-4-10-24-18(23)27-17(29)13-15(21)26-16(22)14(20)25-13/h6-9H,3-5,10H2,1-2H3,(H4,21,22,26)(H3,23,24,27,29). The summed E-state index contributed by atoms with van der Waals surface area (Å²) in [5.41, 5.74) is 17.8. The number of aromatic nitrogens is 2. The van der Waals surface area contributed by atoms with Crippen LogP contribution in [0.4, 0.5) is 11.6 Å². The molecule has 0 saturated heterocycles. The van der Waals surface area contributed by atoms with Crippen molar-refractivity contribution >= 4 is 52.5 Å². The molecule has 2 rings (SSSR count). The van der Waals surface area contributed by atoms with Crippen molar-refractivity contribution in [1.29, 1.82) is 0 Å². The van der Waals surface area contributed by atoms with Gasteiger partial charge < -0.3 is 32.2 Å². The predicted octanol–water partition coefficient (Wildman–Crippen LogP) is 1.59. The first-order valence-corrected chi connectivity index (χ1v) is 10.1. The van der Waals surface area contributed by atoms with E-state index in [1.54, 1.807) is 4.90 Å². The molecule has 0 fully saturated rings. The van der Waals surface area contributed by atoms with E-state index in [1.165, 1.54) is 5.56 Å². The molecule has 1 aromatic heterocycles. The monoisotopic (exact) mass is 464 g/mol. The maximum atomic E-state index is 12.1. The number of nitrogens with one attached hydrogen (secondary N) is 1. The van der Waals surface area contributed by atoms with Crippen LogP contribution in [-0.2, 0) is 6.42 Å². The van der Waals surface area contributed by atoms with Crippen molar-refractivity contribution in [3.63, 3.8) is 0 Å². The number of aliphatic imine (C=N–C) groups is 1. The normalized spacial score (nSPS) is 11.1. The first-order chi connectivity index (χ1) is 14.7.